The molecule has 0 amide bonds. The topological polar surface area (TPSA) is 94.0 Å². The quantitative estimate of drug-likeness (QED) is 0.192. The molecule has 1 aliphatic carbocycles. The van der Waals surface area contributed by atoms with Crippen molar-refractivity contribution in [1.82, 2.24) is 10.2 Å². The average molecular weight is 554 g/mol. The molecule has 2 heterocycles. The molecule has 1 aliphatic heterocycles. The first-order chi connectivity index (χ1) is 19.5. The molecule has 1 aromatic carbocycles. The zero-order valence-corrected chi connectivity index (χ0v) is 24.6. The van der Waals surface area contributed by atoms with Gasteiger partial charge in [-0.1, -0.05) is 44.9 Å². The van der Waals surface area contributed by atoms with Gasteiger partial charge in [-0.2, -0.15) is 0 Å². The Labute approximate surface area is 239 Å². The molecule has 0 spiro atoms. The van der Waals surface area contributed by atoms with Crippen LogP contribution in [0.25, 0.3) is 11.3 Å². The van der Waals surface area contributed by atoms with E-state index in [1.54, 1.807) is 13.2 Å². The molecule has 1 saturated carbocycles. The van der Waals surface area contributed by atoms with Gasteiger partial charge in [0, 0.05) is 38.2 Å². The molecular formula is C32H47N3O5. The molecule has 2 aliphatic rings. The van der Waals surface area contributed by atoms with E-state index in [4.69, 9.17) is 14.2 Å². The highest BCUT2D eigenvalue weighted by Crippen LogP contribution is 2.39. The summed E-state index contributed by atoms with van der Waals surface area (Å²) in [5.74, 6) is 3.06. The van der Waals surface area contributed by atoms with Gasteiger partial charge in [0.1, 0.15) is 17.2 Å². The summed E-state index contributed by atoms with van der Waals surface area (Å²) in [6.07, 6.45) is 14.5. The highest BCUT2D eigenvalue weighted by molar-refractivity contribution is 5.75. The van der Waals surface area contributed by atoms with Crippen LogP contribution in [-0.4, -0.2) is 55.7 Å². The maximum atomic E-state index is 11.3. The molecule has 8 heteroatoms. The first-order valence-corrected chi connectivity index (χ1v) is 15.1. The van der Waals surface area contributed by atoms with Crippen LogP contribution in [0.1, 0.15) is 88.2 Å². The van der Waals surface area contributed by atoms with E-state index in [-0.39, 0.29) is 11.7 Å². The van der Waals surface area contributed by atoms with E-state index in [0.717, 1.165) is 73.1 Å². The summed E-state index contributed by atoms with van der Waals surface area (Å²) in [6, 6.07) is 5.68. The van der Waals surface area contributed by atoms with Crippen LogP contribution < -0.4 is 9.64 Å². The molecule has 0 saturated heterocycles. The van der Waals surface area contributed by atoms with Crippen LogP contribution >= 0.6 is 0 Å². The number of fused-ring (bicyclic) bond motifs is 3. The second kappa shape index (κ2) is 15.2. The Kier molecular flexibility index (Phi) is 11.5. The summed E-state index contributed by atoms with van der Waals surface area (Å²) in [6.45, 7) is 2.00. The number of methoxy groups -OCH3 is 2. The number of ether oxygens (including phenoxy) is 3. The van der Waals surface area contributed by atoms with Crippen molar-refractivity contribution in [1.29, 1.82) is 0 Å². The van der Waals surface area contributed by atoms with Crippen LogP contribution in [0.4, 0.5) is 5.82 Å². The summed E-state index contributed by atoms with van der Waals surface area (Å²) < 4.78 is 16.0. The van der Waals surface area contributed by atoms with Crippen LogP contribution in [0.3, 0.4) is 0 Å². The SMILES string of the molecule is COC(=O)CCCCCC1CCCC[C@@H](CCN(C)c2cc3c(nn2)-c2c(O)cc(OC)cc2COCCC3)C1. The second-order valence-electron chi connectivity index (χ2n) is 11.6. The first-order valence-electron chi connectivity index (χ1n) is 15.1. The first kappa shape index (κ1) is 30.1. The lowest BCUT2D eigenvalue weighted by Gasteiger charge is -2.24. The fourth-order valence-electron chi connectivity index (χ4n) is 6.28. The van der Waals surface area contributed by atoms with Crippen LogP contribution in [0.2, 0.25) is 0 Å². The van der Waals surface area contributed by atoms with Gasteiger partial charge in [-0.3, -0.25) is 4.79 Å². The number of aromatic nitrogens is 2. The Hall–Kier alpha value is -2.87. The molecule has 0 radical (unpaired) electrons. The maximum Gasteiger partial charge on any atom is 0.305 e. The van der Waals surface area contributed by atoms with Crippen molar-refractivity contribution in [2.75, 3.05) is 39.3 Å². The van der Waals surface area contributed by atoms with Gasteiger partial charge in [-0.05, 0) is 67.2 Å². The van der Waals surface area contributed by atoms with E-state index in [1.165, 1.54) is 52.1 Å². The van der Waals surface area contributed by atoms with Crippen LogP contribution in [0.5, 0.6) is 11.5 Å². The van der Waals surface area contributed by atoms with Crippen LogP contribution in [0.15, 0.2) is 18.2 Å². The molecule has 40 heavy (non-hydrogen) atoms. The summed E-state index contributed by atoms with van der Waals surface area (Å²) in [5.41, 5.74) is 3.37. The standard InChI is InChI=1S/C32H47N3O5/c1-35(16-15-24-12-8-7-11-23(18-24)10-5-4-6-14-30(37)39-3)29-20-25-13-9-17-40-22-26-19-27(38-2)21-28(36)31(26)32(25)34-33-29/h19-21,23-24,36H,4-18,22H2,1-3H3/t23?,24-/m0/s1. The van der Waals surface area contributed by atoms with Crippen molar-refractivity contribution < 1.29 is 24.1 Å². The highest BCUT2D eigenvalue weighted by atomic mass is 16.5. The van der Waals surface area contributed by atoms with Gasteiger partial charge in [0.15, 0.2) is 5.82 Å². The molecule has 4 rings (SSSR count). The van der Waals surface area contributed by atoms with Gasteiger partial charge in [0.25, 0.3) is 0 Å². The Bertz CT molecular complexity index is 1110. The lowest BCUT2D eigenvalue weighted by atomic mass is 9.87. The number of unbranched alkanes of at least 4 members (excludes halogenated alkanes) is 2. The zero-order valence-electron chi connectivity index (χ0n) is 24.6. The predicted molar refractivity (Wildman–Crippen MR) is 157 cm³/mol. The third-order valence-electron chi connectivity index (χ3n) is 8.62. The number of carbonyl (C=O) groups excluding carboxylic acids is 1. The minimum absolute atomic E-state index is 0.0959. The number of rotatable bonds is 11. The van der Waals surface area contributed by atoms with Crippen molar-refractivity contribution in [2.24, 2.45) is 11.8 Å². The van der Waals surface area contributed by atoms with E-state index in [2.05, 4.69) is 28.2 Å². The van der Waals surface area contributed by atoms with Crippen molar-refractivity contribution in [2.45, 2.75) is 90.1 Å². The van der Waals surface area contributed by atoms with Gasteiger partial charge in [0.2, 0.25) is 0 Å². The number of nitrogens with zero attached hydrogens (tertiary/aromatic N) is 3. The number of phenolic OH excluding ortho intramolecular Hbond substituents is 1. The lowest BCUT2D eigenvalue weighted by Crippen LogP contribution is -2.23. The van der Waals surface area contributed by atoms with E-state index in [9.17, 15) is 9.90 Å². The minimum atomic E-state index is -0.0959. The van der Waals surface area contributed by atoms with Crippen molar-refractivity contribution in [3.8, 4) is 22.8 Å². The molecule has 1 fully saturated rings. The molecule has 1 unspecified atom stereocenters. The maximum absolute atomic E-state index is 11.3. The fraction of sp³-hybridized carbons (Fsp3) is 0.656. The van der Waals surface area contributed by atoms with Gasteiger partial charge < -0.3 is 24.2 Å². The third kappa shape index (κ3) is 8.32. The monoisotopic (exact) mass is 553 g/mol. The number of carbonyl (C=O) groups is 1. The number of aryl methyl sites for hydroxylation is 1. The minimum Gasteiger partial charge on any atom is -0.507 e. The number of aromatic hydroxyl groups is 1. The zero-order chi connectivity index (χ0) is 28.3. The largest absolute Gasteiger partial charge is 0.507 e. The number of anilines is 1. The molecular weight excluding hydrogens is 506 g/mol. The molecule has 1 aromatic heterocycles. The number of benzene rings is 1. The van der Waals surface area contributed by atoms with Gasteiger partial charge >= 0.3 is 5.97 Å². The molecule has 2 atom stereocenters. The normalized spacial score (nSPS) is 19.3. The highest BCUT2D eigenvalue weighted by Gasteiger charge is 2.23. The smallest absolute Gasteiger partial charge is 0.305 e. The molecule has 220 valence electrons. The lowest BCUT2D eigenvalue weighted by molar-refractivity contribution is -0.140. The average Bonchev–Trinajstić information content (AvgIpc) is 3.14. The summed E-state index contributed by atoms with van der Waals surface area (Å²) in [5, 5.41) is 20.1. The second-order valence-corrected chi connectivity index (χ2v) is 11.6. The van der Waals surface area contributed by atoms with E-state index in [0.29, 0.717) is 30.9 Å². The van der Waals surface area contributed by atoms with Gasteiger partial charge in [0.05, 0.1) is 20.8 Å². The van der Waals surface area contributed by atoms with E-state index < -0.39 is 0 Å². The summed E-state index contributed by atoms with van der Waals surface area (Å²) >= 11 is 0. The van der Waals surface area contributed by atoms with Crippen molar-refractivity contribution in [3.63, 3.8) is 0 Å². The predicted octanol–water partition coefficient (Wildman–Crippen LogP) is 6.47. The van der Waals surface area contributed by atoms with Crippen molar-refractivity contribution >= 4 is 11.8 Å². The Morgan fingerprint density at radius 3 is 2.60 bits per heavy atom. The molecule has 0 bridgehead atoms. The summed E-state index contributed by atoms with van der Waals surface area (Å²) in [7, 11) is 5.17. The number of hydrogen-bond acceptors (Lipinski definition) is 8. The van der Waals surface area contributed by atoms with Crippen molar-refractivity contribution in [3.05, 3.63) is 29.3 Å². The molecule has 1 N–H and O–H groups in total. The van der Waals surface area contributed by atoms with Gasteiger partial charge in [-0.15, -0.1) is 10.2 Å². The third-order valence-corrected chi connectivity index (χ3v) is 8.62. The summed E-state index contributed by atoms with van der Waals surface area (Å²) in [4.78, 5) is 13.6. The van der Waals surface area contributed by atoms with Crippen LogP contribution in [0, 0.1) is 11.8 Å². The molecule has 2 aromatic rings. The van der Waals surface area contributed by atoms with E-state index in [1.807, 2.05) is 6.07 Å². The Morgan fingerprint density at radius 2 is 1.82 bits per heavy atom. The fourth-order valence-corrected chi connectivity index (χ4v) is 6.28. The molecule has 8 nitrogen and oxygen atoms in total. The Morgan fingerprint density at radius 1 is 1.02 bits per heavy atom. The number of phenols is 1. The van der Waals surface area contributed by atoms with E-state index >= 15 is 0 Å². The Balaban J connectivity index is 1.36. The van der Waals surface area contributed by atoms with Gasteiger partial charge in [-0.25, -0.2) is 0 Å². The number of esters is 1. The van der Waals surface area contributed by atoms with Crippen LogP contribution in [-0.2, 0) is 27.3 Å². The number of hydrogen-bond donors (Lipinski definition) is 1.